The second-order valence-electron chi connectivity index (χ2n) is 9.15. The monoisotopic (exact) mass is 513 g/mol. The molecule has 2 aliphatic rings. The summed E-state index contributed by atoms with van der Waals surface area (Å²) >= 11 is 1.41. The van der Waals surface area contributed by atoms with Crippen molar-refractivity contribution in [3.63, 3.8) is 0 Å². The molecular formula is C24H25N4O7S+. The van der Waals surface area contributed by atoms with Crippen molar-refractivity contribution in [1.82, 2.24) is 9.47 Å². The third kappa shape index (κ3) is 3.60. The molecule has 36 heavy (non-hydrogen) atoms. The molecule has 3 aromatic rings. The summed E-state index contributed by atoms with van der Waals surface area (Å²) in [5, 5.41) is 30.9. The van der Waals surface area contributed by atoms with Crippen molar-refractivity contribution in [1.29, 1.82) is 0 Å². The standard InChI is InChI=1S/C24H25N4O7S/c1-12-18(17-8-26-11-25(3)16(9-29)23(26)36-17)21(27-20(12)19(13(2)30)22(27)31)24(32)35-10-14-4-6-15(7-5-14)28(33)34/h4-8,11-13,19-20,29-30H,9-10H2,1-3H3/q+1/t12-,13+,19+,20?/m0/s1. The van der Waals surface area contributed by atoms with Crippen LogP contribution in [0.3, 0.4) is 0 Å². The van der Waals surface area contributed by atoms with Gasteiger partial charge in [0, 0.05) is 23.6 Å². The summed E-state index contributed by atoms with van der Waals surface area (Å²) in [5.74, 6) is -1.86. The van der Waals surface area contributed by atoms with Gasteiger partial charge in [0.2, 0.25) is 17.1 Å². The molecule has 1 fully saturated rings. The number of carbonyl (C=O) groups is 2. The van der Waals surface area contributed by atoms with E-state index in [1.54, 1.807) is 6.92 Å². The maximum atomic E-state index is 13.4. The van der Waals surface area contributed by atoms with E-state index in [0.29, 0.717) is 11.1 Å². The molecule has 0 spiro atoms. The molecule has 1 aromatic carbocycles. The van der Waals surface area contributed by atoms with E-state index in [0.717, 1.165) is 15.4 Å². The number of hydrogen-bond donors (Lipinski definition) is 2. The van der Waals surface area contributed by atoms with Crippen LogP contribution >= 0.6 is 11.3 Å². The van der Waals surface area contributed by atoms with E-state index in [9.17, 15) is 29.9 Å². The highest BCUT2D eigenvalue weighted by molar-refractivity contribution is 7.18. The number of nitrogens with zero attached hydrogens (tertiary/aromatic N) is 4. The van der Waals surface area contributed by atoms with Crippen molar-refractivity contribution in [3.05, 3.63) is 68.7 Å². The molecule has 1 amide bonds. The smallest absolute Gasteiger partial charge is 0.355 e. The normalized spacial score (nSPS) is 22.1. The number of aliphatic hydroxyl groups excluding tert-OH is 2. The van der Waals surface area contributed by atoms with Gasteiger partial charge in [-0.25, -0.2) is 9.36 Å². The molecule has 11 nitrogen and oxygen atoms in total. The lowest BCUT2D eigenvalue weighted by atomic mass is 9.77. The number of hydrogen-bond acceptors (Lipinski definition) is 8. The first-order valence-corrected chi connectivity index (χ1v) is 12.2. The summed E-state index contributed by atoms with van der Waals surface area (Å²) in [4.78, 5) is 39.7. The number of non-ortho nitro benzene ring substituents is 1. The van der Waals surface area contributed by atoms with E-state index in [1.807, 2.05) is 35.5 Å². The summed E-state index contributed by atoms with van der Waals surface area (Å²) in [5.41, 5.74) is 2.03. The highest BCUT2D eigenvalue weighted by Gasteiger charge is 2.60. The molecule has 1 saturated heterocycles. The third-order valence-electron chi connectivity index (χ3n) is 6.97. The zero-order valence-electron chi connectivity index (χ0n) is 19.8. The topological polar surface area (TPSA) is 139 Å². The Bertz CT molecular complexity index is 1420. The Morgan fingerprint density at radius 2 is 2.03 bits per heavy atom. The van der Waals surface area contributed by atoms with Crippen molar-refractivity contribution in [2.24, 2.45) is 18.9 Å². The van der Waals surface area contributed by atoms with Crippen LogP contribution in [-0.4, -0.2) is 48.6 Å². The predicted octanol–water partition coefficient (Wildman–Crippen LogP) is 1.54. The quantitative estimate of drug-likeness (QED) is 0.161. The number of rotatable bonds is 7. The Morgan fingerprint density at radius 1 is 1.33 bits per heavy atom. The van der Waals surface area contributed by atoms with Gasteiger partial charge in [0.15, 0.2) is 5.69 Å². The van der Waals surface area contributed by atoms with Gasteiger partial charge in [0.25, 0.3) is 5.69 Å². The number of ether oxygens (including phenoxy) is 1. The molecule has 4 heterocycles. The number of thiazole rings is 1. The molecule has 2 aromatic heterocycles. The lowest BCUT2D eigenvalue weighted by Crippen LogP contribution is -2.63. The summed E-state index contributed by atoms with van der Waals surface area (Å²) < 4.78 is 9.25. The molecule has 0 radical (unpaired) electrons. The van der Waals surface area contributed by atoms with Gasteiger partial charge in [-0.15, -0.1) is 0 Å². The molecule has 1 unspecified atom stereocenters. The van der Waals surface area contributed by atoms with Crippen molar-refractivity contribution in [2.75, 3.05) is 0 Å². The number of imidazole rings is 1. The fourth-order valence-corrected chi connectivity index (χ4v) is 6.49. The van der Waals surface area contributed by atoms with E-state index >= 15 is 0 Å². The highest BCUT2D eigenvalue weighted by Crippen LogP contribution is 2.51. The highest BCUT2D eigenvalue weighted by atomic mass is 32.1. The van der Waals surface area contributed by atoms with E-state index < -0.39 is 22.9 Å². The number of nitro benzene ring substituents is 1. The SMILES string of the molecule is C[C@H]1C(c2c[n+]3cn(C)c(CO)c3s2)=C(C(=O)OCc2ccc([N+](=O)[O-])cc2)N2C(=O)[C@H]([C@@H](C)O)C12. The first kappa shape index (κ1) is 24.1. The Kier molecular flexibility index (Phi) is 5.89. The number of aliphatic hydroxyl groups is 2. The van der Waals surface area contributed by atoms with E-state index in [-0.39, 0.29) is 42.5 Å². The second-order valence-corrected chi connectivity index (χ2v) is 10.2. The van der Waals surface area contributed by atoms with Gasteiger partial charge in [0.05, 0.1) is 34.9 Å². The molecule has 0 saturated carbocycles. The zero-order valence-corrected chi connectivity index (χ0v) is 20.6. The number of nitro groups is 1. The Labute approximate surface area is 209 Å². The first-order chi connectivity index (χ1) is 17.1. The lowest BCUT2D eigenvalue weighted by Gasteiger charge is -2.46. The van der Waals surface area contributed by atoms with Crippen LogP contribution in [0.4, 0.5) is 5.69 Å². The third-order valence-corrected chi connectivity index (χ3v) is 8.15. The molecule has 12 heteroatoms. The average molecular weight is 514 g/mol. The fraction of sp³-hybridized carbons (Fsp3) is 0.375. The number of amides is 1. The number of carbonyl (C=O) groups excluding carboxylic acids is 2. The van der Waals surface area contributed by atoms with Gasteiger partial charge in [-0.3, -0.25) is 14.9 Å². The molecule has 2 aliphatic heterocycles. The summed E-state index contributed by atoms with van der Waals surface area (Å²) in [6, 6.07) is 5.32. The number of benzene rings is 1. The van der Waals surface area contributed by atoms with E-state index in [1.165, 1.54) is 40.5 Å². The van der Waals surface area contributed by atoms with Crippen LogP contribution in [0.25, 0.3) is 10.4 Å². The molecule has 4 atom stereocenters. The molecular weight excluding hydrogens is 488 g/mol. The van der Waals surface area contributed by atoms with Crippen molar-refractivity contribution in [3.8, 4) is 0 Å². The Morgan fingerprint density at radius 3 is 2.64 bits per heavy atom. The molecule has 188 valence electrons. The maximum Gasteiger partial charge on any atom is 0.355 e. The Hall–Kier alpha value is -3.61. The van der Waals surface area contributed by atoms with Crippen LogP contribution < -0.4 is 4.40 Å². The van der Waals surface area contributed by atoms with Crippen LogP contribution in [0.2, 0.25) is 0 Å². The van der Waals surface area contributed by atoms with Gasteiger partial charge in [-0.2, -0.15) is 4.40 Å². The van der Waals surface area contributed by atoms with Crippen LogP contribution in [0.1, 0.15) is 30.0 Å². The summed E-state index contributed by atoms with van der Waals surface area (Å²) in [6.45, 7) is 3.22. The number of β-lactam (4-membered cyclic amide) rings is 1. The minimum atomic E-state index is -0.864. The van der Waals surface area contributed by atoms with Crippen molar-refractivity contribution < 1.29 is 33.9 Å². The van der Waals surface area contributed by atoms with Gasteiger partial charge in [-0.05, 0) is 24.6 Å². The van der Waals surface area contributed by atoms with Crippen LogP contribution in [0.15, 0.2) is 42.5 Å². The predicted molar refractivity (Wildman–Crippen MR) is 127 cm³/mol. The van der Waals surface area contributed by atoms with E-state index in [2.05, 4.69) is 0 Å². The maximum absolute atomic E-state index is 13.4. The van der Waals surface area contributed by atoms with Gasteiger partial charge in [0.1, 0.15) is 25.1 Å². The fourth-order valence-electron chi connectivity index (χ4n) is 5.19. The van der Waals surface area contributed by atoms with Crippen LogP contribution in [-0.2, 0) is 34.6 Å². The summed E-state index contributed by atoms with van der Waals surface area (Å²) in [7, 11) is 1.83. The van der Waals surface area contributed by atoms with Crippen LogP contribution in [0.5, 0.6) is 0 Å². The van der Waals surface area contributed by atoms with Gasteiger partial charge < -0.3 is 19.8 Å². The molecule has 0 bridgehead atoms. The van der Waals surface area contributed by atoms with Gasteiger partial charge in [-0.1, -0.05) is 18.3 Å². The van der Waals surface area contributed by atoms with E-state index in [4.69, 9.17) is 4.74 Å². The summed E-state index contributed by atoms with van der Waals surface area (Å²) in [6.07, 6.45) is 2.83. The van der Waals surface area contributed by atoms with Gasteiger partial charge >= 0.3 is 5.97 Å². The molecule has 0 aliphatic carbocycles. The lowest BCUT2D eigenvalue weighted by molar-refractivity contribution is -0.508. The van der Waals surface area contributed by atoms with Crippen molar-refractivity contribution >= 4 is 39.3 Å². The average Bonchev–Trinajstić information content (AvgIpc) is 3.43. The number of esters is 1. The Balaban J connectivity index is 1.51. The largest absolute Gasteiger partial charge is 0.456 e. The minimum absolute atomic E-state index is 0.0670. The number of aryl methyl sites for hydroxylation is 1. The second kappa shape index (κ2) is 8.80. The first-order valence-electron chi connectivity index (χ1n) is 11.4. The molecule has 5 rings (SSSR count). The van der Waals surface area contributed by atoms with Crippen molar-refractivity contribution in [2.45, 2.75) is 39.2 Å². The number of fused-ring (bicyclic) bond motifs is 2. The number of aromatic nitrogens is 2. The minimum Gasteiger partial charge on any atom is -0.456 e. The van der Waals surface area contributed by atoms with Crippen LogP contribution in [0, 0.1) is 22.0 Å². The molecule has 2 N–H and O–H groups in total. The zero-order chi connectivity index (χ0) is 25.9.